The van der Waals surface area contributed by atoms with Gasteiger partial charge in [-0.1, -0.05) is 12.8 Å². The molecular weight excluding hydrogens is 232 g/mol. The Bertz CT molecular complexity index is 327. The van der Waals surface area contributed by atoms with Crippen LogP contribution in [-0.2, 0) is 29.8 Å². The molecule has 0 saturated heterocycles. The number of terminal acetylenes is 1. The summed E-state index contributed by atoms with van der Waals surface area (Å²) in [7, 11) is -4.09. The molecule has 0 aromatic heterocycles. The lowest BCUT2D eigenvalue weighted by molar-refractivity contribution is 0.233. The molecule has 0 fully saturated rings. The van der Waals surface area contributed by atoms with Crippen molar-refractivity contribution in [1.29, 1.82) is 0 Å². The van der Waals surface area contributed by atoms with Gasteiger partial charge in [-0.25, -0.2) is 4.21 Å². The number of hydrogen-bond acceptors (Lipinski definition) is 6. The maximum Gasteiger partial charge on any atom is 0.297 e. The van der Waals surface area contributed by atoms with Gasteiger partial charge >= 0.3 is 0 Å². The van der Waals surface area contributed by atoms with E-state index in [-0.39, 0.29) is 6.42 Å². The van der Waals surface area contributed by atoms with Crippen molar-refractivity contribution >= 4 is 21.5 Å². The molecule has 0 amide bonds. The molecule has 0 radical (unpaired) electrons. The fraction of sp³-hybridized carbons (Fsp3) is 0.667. The fourth-order valence-electron chi connectivity index (χ4n) is 0.600. The highest BCUT2D eigenvalue weighted by Gasteiger charge is 2.26. The van der Waals surface area contributed by atoms with Gasteiger partial charge in [0, 0.05) is 0 Å². The first-order chi connectivity index (χ1) is 6.44. The maximum absolute atomic E-state index is 11.1. The molecule has 0 aliphatic carbocycles. The van der Waals surface area contributed by atoms with E-state index in [0.717, 1.165) is 0 Å². The van der Waals surface area contributed by atoms with Crippen LogP contribution in [0.15, 0.2) is 0 Å². The predicted molar refractivity (Wildman–Crippen MR) is 47.8 cm³/mol. The van der Waals surface area contributed by atoms with Crippen molar-refractivity contribution in [1.82, 2.24) is 0 Å². The Labute approximate surface area is 85.2 Å². The highest BCUT2D eigenvalue weighted by molar-refractivity contribution is 7.87. The van der Waals surface area contributed by atoms with Gasteiger partial charge in [-0.2, -0.15) is 8.42 Å². The summed E-state index contributed by atoms with van der Waals surface area (Å²) in [5.74, 6) is 1.95. The minimum atomic E-state index is -4.09. The summed E-state index contributed by atoms with van der Waals surface area (Å²) in [6.07, 6.45) is 4.72. The van der Waals surface area contributed by atoms with E-state index in [1.54, 1.807) is 0 Å². The summed E-state index contributed by atoms with van der Waals surface area (Å²) in [6.45, 7) is 0.988. The van der Waals surface area contributed by atoms with Crippen LogP contribution in [-0.4, -0.2) is 29.2 Å². The predicted octanol–water partition coefficient (Wildman–Crippen LogP) is -0.487. The second kappa shape index (κ2) is 6.10. The average molecular weight is 241 g/mol. The molecular formula is C6H9O6S2-. The lowest BCUT2D eigenvalue weighted by Gasteiger charge is -2.16. The molecule has 0 N–H and O–H groups in total. The molecule has 0 aliphatic rings. The Morgan fingerprint density at radius 3 is 2.57 bits per heavy atom. The standard InChI is InChI=1S/C6H10O6S2/c1-3-5-11-14(9,10)6(4-2)12-13(7)8/h1,6H,4-5H2,2H3,(H,7,8)/p-1. The van der Waals surface area contributed by atoms with E-state index in [4.69, 9.17) is 6.42 Å². The Morgan fingerprint density at radius 1 is 1.64 bits per heavy atom. The first-order valence-electron chi connectivity index (χ1n) is 3.52. The van der Waals surface area contributed by atoms with E-state index in [1.807, 2.05) is 5.92 Å². The van der Waals surface area contributed by atoms with E-state index in [9.17, 15) is 17.2 Å². The molecule has 0 aliphatic heterocycles. The van der Waals surface area contributed by atoms with Crippen LogP contribution in [0.5, 0.6) is 0 Å². The average Bonchev–Trinajstić information content (AvgIpc) is 2.10. The van der Waals surface area contributed by atoms with E-state index in [1.165, 1.54) is 6.92 Å². The van der Waals surface area contributed by atoms with Crippen LogP contribution < -0.4 is 0 Å². The summed E-state index contributed by atoms with van der Waals surface area (Å²) in [6, 6.07) is 0. The molecule has 0 heterocycles. The van der Waals surface area contributed by atoms with Crippen molar-refractivity contribution < 1.29 is 25.5 Å². The van der Waals surface area contributed by atoms with Crippen LogP contribution in [0, 0.1) is 12.3 Å². The minimum absolute atomic E-state index is 0.0547. The molecule has 0 aromatic rings. The minimum Gasteiger partial charge on any atom is -0.750 e. The van der Waals surface area contributed by atoms with Crippen LogP contribution in [0.2, 0.25) is 0 Å². The summed E-state index contributed by atoms with van der Waals surface area (Å²) in [5.41, 5.74) is -1.55. The zero-order valence-electron chi connectivity index (χ0n) is 7.33. The molecule has 2 atom stereocenters. The topological polar surface area (TPSA) is 92.7 Å². The van der Waals surface area contributed by atoms with E-state index in [2.05, 4.69) is 8.37 Å². The van der Waals surface area contributed by atoms with Crippen LogP contribution in [0.3, 0.4) is 0 Å². The molecule has 8 heteroatoms. The Hall–Kier alpha value is -0.460. The Morgan fingerprint density at radius 2 is 2.21 bits per heavy atom. The molecule has 0 rings (SSSR count). The van der Waals surface area contributed by atoms with Crippen LogP contribution in [0.1, 0.15) is 13.3 Å². The van der Waals surface area contributed by atoms with Gasteiger partial charge in [-0.15, -0.1) is 6.42 Å². The van der Waals surface area contributed by atoms with Gasteiger partial charge in [0.25, 0.3) is 10.1 Å². The summed E-state index contributed by atoms with van der Waals surface area (Å²) in [5, 5.41) is 0. The number of hydrogen-bond donors (Lipinski definition) is 0. The Kier molecular flexibility index (Phi) is 5.90. The molecule has 2 unspecified atom stereocenters. The van der Waals surface area contributed by atoms with Crippen molar-refractivity contribution in [3.63, 3.8) is 0 Å². The molecule has 0 saturated carbocycles. The van der Waals surface area contributed by atoms with Crippen molar-refractivity contribution in [3.8, 4) is 12.3 Å². The van der Waals surface area contributed by atoms with Gasteiger partial charge in [0.05, 0.1) is 11.4 Å². The summed E-state index contributed by atoms with van der Waals surface area (Å²) < 4.78 is 50.9. The summed E-state index contributed by atoms with van der Waals surface area (Å²) in [4.78, 5) is 0. The lowest BCUT2D eigenvalue weighted by atomic mass is 10.5. The first-order valence-corrected chi connectivity index (χ1v) is 5.99. The van der Waals surface area contributed by atoms with E-state index >= 15 is 0 Å². The van der Waals surface area contributed by atoms with Crippen LogP contribution >= 0.6 is 0 Å². The van der Waals surface area contributed by atoms with Gasteiger partial charge < -0.3 is 4.55 Å². The SMILES string of the molecule is C#CCOS(=O)(=O)C(CC)OS(=O)[O-]. The lowest BCUT2D eigenvalue weighted by Crippen LogP contribution is -2.26. The van der Waals surface area contributed by atoms with E-state index < -0.39 is 33.5 Å². The van der Waals surface area contributed by atoms with E-state index in [0.29, 0.717) is 0 Å². The normalized spacial score (nSPS) is 15.8. The van der Waals surface area contributed by atoms with Crippen molar-refractivity contribution in [3.05, 3.63) is 0 Å². The second-order valence-corrected chi connectivity index (χ2v) is 4.45. The third-order valence-electron chi connectivity index (χ3n) is 1.15. The molecule has 6 nitrogen and oxygen atoms in total. The van der Waals surface area contributed by atoms with Crippen molar-refractivity contribution in [2.24, 2.45) is 0 Å². The first kappa shape index (κ1) is 13.5. The summed E-state index contributed by atoms with van der Waals surface area (Å²) >= 11 is -2.91. The third-order valence-corrected chi connectivity index (χ3v) is 3.18. The van der Waals surface area contributed by atoms with Gasteiger partial charge in [-0.3, -0.25) is 8.37 Å². The quantitative estimate of drug-likeness (QED) is 0.354. The fourth-order valence-corrected chi connectivity index (χ4v) is 2.28. The molecule has 14 heavy (non-hydrogen) atoms. The second-order valence-electron chi connectivity index (χ2n) is 2.10. The zero-order valence-corrected chi connectivity index (χ0v) is 8.97. The van der Waals surface area contributed by atoms with Crippen LogP contribution in [0.4, 0.5) is 0 Å². The molecule has 0 spiro atoms. The Balaban J connectivity index is 4.51. The zero-order chi connectivity index (χ0) is 11.2. The molecule has 0 aromatic carbocycles. The van der Waals surface area contributed by atoms with Crippen molar-refractivity contribution in [2.45, 2.75) is 18.8 Å². The third kappa shape index (κ3) is 4.69. The van der Waals surface area contributed by atoms with Crippen molar-refractivity contribution in [2.75, 3.05) is 6.61 Å². The van der Waals surface area contributed by atoms with Crippen LogP contribution in [0.25, 0.3) is 0 Å². The smallest absolute Gasteiger partial charge is 0.297 e. The van der Waals surface area contributed by atoms with Gasteiger partial charge in [-0.05, 0) is 6.42 Å². The molecule has 82 valence electrons. The maximum atomic E-state index is 11.1. The largest absolute Gasteiger partial charge is 0.750 e. The van der Waals surface area contributed by atoms with Gasteiger partial charge in [0.2, 0.25) is 0 Å². The number of rotatable bonds is 6. The van der Waals surface area contributed by atoms with Gasteiger partial charge in [0.1, 0.15) is 6.61 Å². The molecule has 0 bridgehead atoms. The highest BCUT2D eigenvalue weighted by Crippen LogP contribution is 2.10. The monoisotopic (exact) mass is 241 g/mol. The highest BCUT2D eigenvalue weighted by atomic mass is 32.2. The van der Waals surface area contributed by atoms with Gasteiger partial charge in [0.15, 0.2) is 5.44 Å².